The highest BCUT2D eigenvalue weighted by atomic mass is 35.5. The van der Waals surface area contributed by atoms with Crippen molar-refractivity contribution in [2.45, 2.75) is 25.7 Å². The summed E-state index contributed by atoms with van der Waals surface area (Å²) in [6, 6.07) is 8.87. The molecule has 0 fully saturated rings. The van der Waals surface area contributed by atoms with Gasteiger partial charge >= 0.3 is 6.18 Å². The fraction of sp³-hybridized carbons (Fsp3) is 0.286. The first-order valence-electron chi connectivity index (χ1n) is 6.01. The van der Waals surface area contributed by atoms with E-state index in [-0.39, 0.29) is 5.56 Å². The highest BCUT2D eigenvalue weighted by Crippen LogP contribution is 2.34. The maximum Gasteiger partial charge on any atom is 0.416 e. The minimum Gasteiger partial charge on any atom is -0.305 e. The highest BCUT2D eigenvalue weighted by molar-refractivity contribution is 7.16. The van der Waals surface area contributed by atoms with Crippen molar-refractivity contribution in [3.63, 3.8) is 0 Å². The first-order valence-corrected chi connectivity index (χ1v) is 7.21. The number of nitrogens with one attached hydrogen (secondary N) is 1. The Hall–Kier alpha value is -1.04. The van der Waals surface area contributed by atoms with Gasteiger partial charge in [-0.05, 0) is 30.7 Å². The average Bonchev–Trinajstić information content (AvgIpc) is 2.81. The van der Waals surface area contributed by atoms with Gasteiger partial charge in [0.05, 0.1) is 9.90 Å². The van der Waals surface area contributed by atoms with E-state index in [1.54, 1.807) is 19.1 Å². The molecule has 0 saturated heterocycles. The maximum atomic E-state index is 12.9. The molecule has 0 aliphatic heterocycles. The second-order valence-corrected chi connectivity index (χ2v) is 6.19. The van der Waals surface area contributed by atoms with Crippen molar-refractivity contribution in [2.75, 3.05) is 0 Å². The van der Waals surface area contributed by atoms with Crippen molar-refractivity contribution in [3.8, 4) is 0 Å². The Labute approximate surface area is 124 Å². The molecule has 2 aromatic rings. The van der Waals surface area contributed by atoms with Crippen LogP contribution in [0.2, 0.25) is 4.34 Å². The lowest BCUT2D eigenvalue weighted by Gasteiger charge is -2.19. The van der Waals surface area contributed by atoms with E-state index in [1.807, 2.05) is 6.07 Å². The van der Waals surface area contributed by atoms with E-state index in [0.29, 0.717) is 10.9 Å². The molecule has 0 radical (unpaired) electrons. The topological polar surface area (TPSA) is 12.0 Å². The van der Waals surface area contributed by atoms with Crippen LogP contribution in [0.5, 0.6) is 0 Å². The molecule has 1 aromatic carbocycles. The summed E-state index contributed by atoms with van der Waals surface area (Å²) >= 11 is 7.24. The molecular weight excluding hydrogens is 307 g/mol. The quantitative estimate of drug-likeness (QED) is 0.809. The summed E-state index contributed by atoms with van der Waals surface area (Å²) in [5.41, 5.74) is -0.341. The van der Waals surface area contributed by atoms with Crippen LogP contribution in [-0.4, -0.2) is 0 Å². The molecule has 0 aliphatic carbocycles. The van der Waals surface area contributed by atoms with Crippen LogP contribution in [0.15, 0.2) is 36.4 Å². The van der Waals surface area contributed by atoms with E-state index in [1.165, 1.54) is 23.5 Å². The number of halogens is 4. The number of alkyl halides is 3. The molecule has 108 valence electrons. The van der Waals surface area contributed by atoms with E-state index in [2.05, 4.69) is 5.32 Å². The number of rotatable bonds is 4. The van der Waals surface area contributed by atoms with Gasteiger partial charge in [0.25, 0.3) is 0 Å². The van der Waals surface area contributed by atoms with E-state index >= 15 is 0 Å². The number of benzene rings is 1. The Balaban J connectivity index is 2.11. The lowest BCUT2D eigenvalue weighted by Crippen LogP contribution is -2.21. The fourth-order valence-electron chi connectivity index (χ4n) is 1.94. The van der Waals surface area contributed by atoms with E-state index < -0.39 is 17.8 Å². The summed E-state index contributed by atoms with van der Waals surface area (Å²) in [5, 5.41) is 3.09. The van der Waals surface area contributed by atoms with E-state index in [0.717, 1.165) is 10.9 Å². The molecule has 2 rings (SSSR count). The highest BCUT2D eigenvalue weighted by Gasteiger charge is 2.33. The molecule has 0 amide bonds. The summed E-state index contributed by atoms with van der Waals surface area (Å²) in [5.74, 6) is 0. The molecule has 6 heteroatoms. The maximum absolute atomic E-state index is 12.9. The zero-order valence-electron chi connectivity index (χ0n) is 10.7. The van der Waals surface area contributed by atoms with Gasteiger partial charge in [-0.3, -0.25) is 0 Å². The summed E-state index contributed by atoms with van der Waals surface area (Å²) in [6.07, 6.45) is -4.33. The Bertz CT molecular complexity index is 580. The van der Waals surface area contributed by atoms with Gasteiger partial charge in [0.1, 0.15) is 0 Å². The van der Waals surface area contributed by atoms with E-state index in [4.69, 9.17) is 11.6 Å². The normalized spacial score (nSPS) is 13.4. The Morgan fingerprint density at radius 2 is 1.90 bits per heavy atom. The van der Waals surface area contributed by atoms with Gasteiger partial charge < -0.3 is 5.32 Å². The van der Waals surface area contributed by atoms with Crippen molar-refractivity contribution in [1.82, 2.24) is 5.32 Å². The molecule has 1 unspecified atom stereocenters. The third-order valence-electron chi connectivity index (χ3n) is 2.94. The predicted molar refractivity (Wildman–Crippen MR) is 76.0 cm³/mol. The SMILES string of the molecule is CC(NCc1ccc(Cl)s1)c1ccccc1C(F)(F)F. The Kier molecular flexibility index (Phi) is 4.73. The van der Waals surface area contributed by atoms with Gasteiger partial charge in [0, 0.05) is 17.5 Å². The van der Waals surface area contributed by atoms with Crippen molar-refractivity contribution < 1.29 is 13.2 Å². The molecule has 1 N–H and O–H groups in total. The monoisotopic (exact) mass is 319 g/mol. The molecule has 0 spiro atoms. The summed E-state index contributed by atoms with van der Waals surface area (Å²) in [4.78, 5) is 0.992. The standard InChI is InChI=1S/C14H13ClF3NS/c1-9(19-8-10-6-7-13(15)20-10)11-4-2-3-5-12(11)14(16,17)18/h2-7,9,19H,8H2,1H3. The fourth-order valence-corrected chi connectivity index (χ4v) is 2.98. The smallest absolute Gasteiger partial charge is 0.305 e. The third kappa shape index (κ3) is 3.75. The molecule has 20 heavy (non-hydrogen) atoms. The first kappa shape index (κ1) is 15.4. The van der Waals surface area contributed by atoms with Gasteiger partial charge in [-0.2, -0.15) is 13.2 Å². The molecule has 0 bridgehead atoms. The van der Waals surface area contributed by atoms with Crippen LogP contribution in [0.3, 0.4) is 0 Å². The first-order chi connectivity index (χ1) is 9.38. The van der Waals surface area contributed by atoms with Crippen molar-refractivity contribution >= 4 is 22.9 Å². The van der Waals surface area contributed by atoms with Crippen LogP contribution in [0, 0.1) is 0 Å². The van der Waals surface area contributed by atoms with Crippen LogP contribution in [0.1, 0.15) is 29.0 Å². The summed E-state index contributed by atoms with van der Waals surface area (Å²) in [7, 11) is 0. The molecule has 0 aliphatic rings. The third-order valence-corrected chi connectivity index (χ3v) is 4.18. The molecule has 1 aromatic heterocycles. The summed E-state index contributed by atoms with van der Waals surface area (Å²) in [6.45, 7) is 2.21. The van der Waals surface area contributed by atoms with Gasteiger partial charge in [-0.25, -0.2) is 0 Å². The number of hydrogen-bond acceptors (Lipinski definition) is 2. The molecular formula is C14H13ClF3NS. The molecule has 1 atom stereocenters. The van der Waals surface area contributed by atoms with Crippen molar-refractivity contribution in [2.24, 2.45) is 0 Å². The molecule has 1 heterocycles. The Morgan fingerprint density at radius 1 is 1.20 bits per heavy atom. The zero-order chi connectivity index (χ0) is 14.8. The lowest BCUT2D eigenvalue weighted by atomic mass is 10.0. The summed E-state index contributed by atoms with van der Waals surface area (Å²) < 4.78 is 39.5. The average molecular weight is 320 g/mol. The minimum absolute atomic E-state index is 0.252. The van der Waals surface area contributed by atoms with Gasteiger partial charge in [-0.1, -0.05) is 29.8 Å². The van der Waals surface area contributed by atoms with Crippen LogP contribution in [0.25, 0.3) is 0 Å². The van der Waals surface area contributed by atoms with Crippen LogP contribution >= 0.6 is 22.9 Å². The Morgan fingerprint density at radius 3 is 2.50 bits per heavy atom. The minimum atomic E-state index is -4.33. The van der Waals surface area contributed by atoms with Gasteiger partial charge in [-0.15, -0.1) is 11.3 Å². The molecule has 1 nitrogen and oxygen atoms in total. The van der Waals surface area contributed by atoms with Crippen LogP contribution < -0.4 is 5.32 Å². The second-order valence-electron chi connectivity index (χ2n) is 4.39. The van der Waals surface area contributed by atoms with Gasteiger partial charge in [0.2, 0.25) is 0 Å². The van der Waals surface area contributed by atoms with E-state index in [9.17, 15) is 13.2 Å². The van der Waals surface area contributed by atoms with Crippen LogP contribution in [0.4, 0.5) is 13.2 Å². The zero-order valence-corrected chi connectivity index (χ0v) is 12.2. The second kappa shape index (κ2) is 6.16. The molecule has 0 saturated carbocycles. The van der Waals surface area contributed by atoms with Crippen LogP contribution in [-0.2, 0) is 12.7 Å². The van der Waals surface area contributed by atoms with Crippen molar-refractivity contribution in [1.29, 1.82) is 0 Å². The number of hydrogen-bond donors (Lipinski definition) is 1. The lowest BCUT2D eigenvalue weighted by molar-refractivity contribution is -0.138. The largest absolute Gasteiger partial charge is 0.416 e. The number of thiophene rings is 1. The predicted octanol–water partition coefficient (Wildman–Crippen LogP) is 5.27. The van der Waals surface area contributed by atoms with Crippen molar-refractivity contribution in [3.05, 3.63) is 56.7 Å². The van der Waals surface area contributed by atoms with Gasteiger partial charge in [0.15, 0.2) is 0 Å².